The smallest absolute Gasteiger partial charge is 0.243 e. The summed E-state index contributed by atoms with van der Waals surface area (Å²) in [5.74, 6) is -2.83. The summed E-state index contributed by atoms with van der Waals surface area (Å²) < 4.78 is 0. The van der Waals surface area contributed by atoms with Crippen LogP contribution in [0.2, 0.25) is 0 Å². The van der Waals surface area contributed by atoms with Crippen LogP contribution < -0.4 is 48.7 Å². The SMILES string of the molecule is N=C(N)NCCCCNC(=O)[C@H](Cc1ccc(-c2ccccc2)cc1)NC(=O)[C@H](CCCNC(=N)N)NC(=O)[C@H](Cc1ccc(-c2ccccc2)cc1)NC(=O)C1CCC(=O)N1. The molecule has 0 aromatic heterocycles. The van der Waals surface area contributed by atoms with Gasteiger partial charge in [0.05, 0.1) is 0 Å². The van der Waals surface area contributed by atoms with Gasteiger partial charge in [-0.3, -0.25) is 34.8 Å². The van der Waals surface area contributed by atoms with Crippen LogP contribution in [0.1, 0.15) is 49.7 Å². The van der Waals surface area contributed by atoms with Gasteiger partial charge in [0.25, 0.3) is 0 Å². The fraction of sp³-hybridized carbons (Fsp3) is 0.326. The van der Waals surface area contributed by atoms with Crippen molar-refractivity contribution in [3.8, 4) is 22.3 Å². The van der Waals surface area contributed by atoms with Crippen molar-refractivity contribution in [2.45, 2.75) is 75.5 Å². The Balaban J connectivity index is 1.35. The molecule has 0 aliphatic carbocycles. The first-order valence-corrected chi connectivity index (χ1v) is 20.9. The number of amides is 5. The van der Waals surface area contributed by atoms with Gasteiger partial charge < -0.3 is 48.7 Å². The van der Waals surface area contributed by atoms with Gasteiger partial charge in [-0.2, -0.15) is 0 Å². The lowest BCUT2D eigenvalue weighted by molar-refractivity contribution is -0.134. The third-order valence-electron chi connectivity index (χ3n) is 10.4. The van der Waals surface area contributed by atoms with E-state index in [0.29, 0.717) is 32.4 Å². The molecule has 1 aliphatic rings. The standard InChI is InChI=1S/C46H57N11O5/c47-45(48)52-26-8-7-25-51-41(59)38(28-30-15-19-34(20-16-30)32-10-3-1-4-11-32)56-42(60)36(14-9-27-53-46(49)50)55-44(62)39(57-43(61)37-23-24-40(58)54-37)29-31-17-21-35(22-18-31)33-12-5-2-6-13-33/h1-6,10-13,15-22,36-39H,7-9,14,23-29H2,(H,51,59)(H,54,58)(H,55,62)(H,56,60)(H,57,61)(H4,47,48,52)(H4,49,50,53)/t36-,37?,38-,39-/m0/s1. The minimum atomic E-state index is -1.16. The molecule has 326 valence electrons. The molecular weight excluding hydrogens is 787 g/mol. The average molecular weight is 844 g/mol. The van der Waals surface area contributed by atoms with E-state index in [9.17, 15) is 24.0 Å². The largest absolute Gasteiger partial charge is 0.370 e. The van der Waals surface area contributed by atoms with Crippen molar-refractivity contribution in [1.82, 2.24) is 37.2 Å². The Bertz CT molecular complexity index is 2130. The van der Waals surface area contributed by atoms with E-state index >= 15 is 0 Å². The fourth-order valence-corrected chi connectivity index (χ4v) is 7.05. The Morgan fingerprint density at radius 1 is 0.565 bits per heavy atom. The topological polar surface area (TPSA) is 269 Å². The van der Waals surface area contributed by atoms with E-state index in [0.717, 1.165) is 33.4 Å². The fourth-order valence-electron chi connectivity index (χ4n) is 7.05. The Labute approximate surface area is 361 Å². The summed E-state index contributed by atoms with van der Waals surface area (Å²) in [5, 5.41) is 34.5. The minimum Gasteiger partial charge on any atom is -0.370 e. The van der Waals surface area contributed by atoms with Crippen LogP contribution in [-0.4, -0.2) is 85.3 Å². The van der Waals surface area contributed by atoms with Crippen LogP contribution in [0.5, 0.6) is 0 Å². The molecule has 16 heteroatoms. The van der Waals surface area contributed by atoms with Crippen molar-refractivity contribution in [1.29, 1.82) is 10.8 Å². The Morgan fingerprint density at radius 3 is 1.48 bits per heavy atom. The van der Waals surface area contributed by atoms with E-state index < -0.39 is 47.8 Å². The maximum absolute atomic E-state index is 14.3. The lowest BCUT2D eigenvalue weighted by Crippen LogP contribution is -2.58. The van der Waals surface area contributed by atoms with Gasteiger partial charge in [0.1, 0.15) is 24.2 Å². The van der Waals surface area contributed by atoms with Crippen molar-refractivity contribution < 1.29 is 24.0 Å². The number of hydrogen-bond donors (Lipinski definition) is 11. The van der Waals surface area contributed by atoms with Gasteiger partial charge >= 0.3 is 0 Å². The highest BCUT2D eigenvalue weighted by molar-refractivity contribution is 5.96. The van der Waals surface area contributed by atoms with Crippen molar-refractivity contribution in [2.75, 3.05) is 19.6 Å². The van der Waals surface area contributed by atoms with Crippen molar-refractivity contribution in [2.24, 2.45) is 11.5 Å². The highest BCUT2D eigenvalue weighted by Gasteiger charge is 2.33. The van der Waals surface area contributed by atoms with Crippen molar-refractivity contribution in [3.63, 3.8) is 0 Å². The van der Waals surface area contributed by atoms with Gasteiger partial charge in [0.15, 0.2) is 11.9 Å². The molecule has 0 radical (unpaired) electrons. The summed E-state index contributed by atoms with van der Waals surface area (Å²) in [7, 11) is 0. The maximum atomic E-state index is 14.3. The molecular formula is C46H57N11O5. The Morgan fingerprint density at radius 2 is 1.00 bits per heavy atom. The molecule has 4 atom stereocenters. The normalized spacial score (nSPS) is 14.6. The zero-order valence-corrected chi connectivity index (χ0v) is 34.7. The van der Waals surface area contributed by atoms with E-state index in [1.807, 2.05) is 109 Å². The quantitative estimate of drug-likeness (QED) is 0.0314. The molecule has 4 aromatic rings. The molecule has 0 spiro atoms. The molecule has 16 nitrogen and oxygen atoms in total. The highest BCUT2D eigenvalue weighted by atomic mass is 16.2. The zero-order valence-electron chi connectivity index (χ0n) is 34.7. The number of nitrogens with one attached hydrogen (secondary N) is 9. The molecule has 5 rings (SSSR count). The number of carbonyl (C=O) groups is 5. The number of rotatable bonds is 22. The van der Waals surface area contributed by atoms with Crippen LogP contribution in [0.25, 0.3) is 22.3 Å². The van der Waals surface area contributed by atoms with E-state index in [4.69, 9.17) is 22.3 Å². The second-order valence-corrected chi connectivity index (χ2v) is 15.2. The second kappa shape index (κ2) is 23.5. The molecule has 0 bridgehead atoms. The van der Waals surface area contributed by atoms with Gasteiger partial charge in [-0.1, -0.05) is 109 Å². The number of carbonyl (C=O) groups excluding carboxylic acids is 5. The molecule has 1 saturated heterocycles. The van der Waals surface area contributed by atoms with E-state index in [2.05, 4.69) is 37.2 Å². The maximum Gasteiger partial charge on any atom is 0.243 e. The first-order valence-electron chi connectivity index (χ1n) is 20.9. The van der Waals surface area contributed by atoms with Crippen molar-refractivity contribution in [3.05, 3.63) is 120 Å². The van der Waals surface area contributed by atoms with Crippen LogP contribution >= 0.6 is 0 Å². The number of unbranched alkanes of at least 4 members (excludes halogenated alkanes) is 1. The molecule has 62 heavy (non-hydrogen) atoms. The molecule has 5 amide bonds. The third-order valence-corrected chi connectivity index (χ3v) is 10.4. The minimum absolute atomic E-state index is 0.0828. The van der Waals surface area contributed by atoms with Gasteiger partial charge in [0.2, 0.25) is 29.5 Å². The van der Waals surface area contributed by atoms with E-state index in [1.165, 1.54) is 0 Å². The molecule has 4 aromatic carbocycles. The zero-order chi connectivity index (χ0) is 44.3. The van der Waals surface area contributed by atoms with Gasteiger partial charge in [-0.05, 0) is 65.5 Å². The van der Waals surface area contributed by atoms with Gasteiger partial charge in [-0.15, -0.1) is 0 Å². The monoisotopic (exact) mass is 843 g/mol. The Kier molecular flexibility index (Phi) is 17.4. The lowest BCUT2D eigenvalue weighted by Gasteiger charge is -2.26. The molecule has 0 saturated carbocycles. The van der Waals surface area contributed by atoms with E-state index in [1.54, 1.807) is 0 Å². The molecule has 1 fully saturated rings. The van der Waals surface area contributed by atoms with Crippen LogP contribution in [-0.2, 0) is 36.8 Å². The number of guanidine groups is 2. The van der Waals surface area contributed by atoms with Crippen LogP contribution in [0.4, 0.5) is 0 Å². The number of benzene rings is 4. The van der Waals surface area contributed by atoms with Crippen LogP contribution in [0, 0.1) is 10.8 Å². The van der Waals surface area contributed by atoms with Gasteiger partial charge in [-0.25, -0.2) is 0 Å². The van der Waals surface area contributed by atoms with Crippen molar-refractivity contribution >= 4 is 41.5 Å². The molecule has 13 N–H and O–H groups in total. The summed E-state index contributed by atoms with van der Waals surface area (Å²) in [5.41, 5.74) is 16.4. The summed E-state index contributed by atoms with van der Waals surface area (Å²) in [4.78, 5) is 67.7. The number of hydrogen-bond acceptors (Lipinski definition) is 7. The summed E-state index contributed by atoms with van der Waals surface area (Å²) in [6.45, 7) is 1.01. The average Bonchev–Trinajstić information content (AvgIpc) is 3.72. The summed E-state index contributed by atoms with van der Waals surface area (Å²) in [6, 6.07) is 30.9. The summed E-state index contributed by atoms with van der Waals surface area (Å²) in [6.07, 6.45) is 2.36. The third kappa shape index (κ3) is 14.8. The Hall–Kier alpha value is -7.23. The molecule has 1 aliphatic heterocycles. The van der Waals surface area contributed by atoms with E-state index in [-0.39, 0.29) is 56.5 Å². The molecule has 1 unspecified atom stereocenters. The predicted molar refractivity (Wildman–Crippen MR) is 239 cm³/mol. The highest BCUT2D eigenvalue weighted by Crippen LogP contribution is 2.21. The molecule has 1 heterocycles. The lowest BCUT2D eigenvalue weighted by atomic mass is 9.99. The number of nitrogens with two attached hydrogens (primary N) is 2. The second-order valence-electron chi connectivity index (χ2n) is 15.2. The first kappa shape index (κ1) is 45.8. The first-order chi connectivity index (χ1) is 29.9. The predicted octanol–water partition coefficient (Wildman–Crippen LogP) is 2.18. The van der Waals surface area contributed by atoms with Crippen LogP contribution in [0.15, 0.2) is 109 Å². The van der Waals surface area contributed by atoms with Gasteiger partial charge in [0, 0.05) is 38.9 Å². The van der Waals surface area contributed by atoms with Crippen LogP contribution in [0.3, 0.4) is 0 Å². The summed E-state index contributed by atoms with van der Waals surface area (Å²) >= 11 is 0.